The Morgan fingerprint density at radius 2 is 2.05 bits per heavy atom. The van der Waals surface area contributed by atoms with Crippen molar-refractivity contribution in [3.8, 4) is 0 Å². The van der Waals surface area contributed by atoms with Crippen molar-refractivity contribution in [1.29, 1.82) is 0 Å². The van der Waals surface area contributed by atoms with Gasteiger partial charge in [0.1, 0.15) is 0 Å². The van der Waals surface area contributed by atoms with E-state index in [0.717, 1.165) is 22.2 Å². The Kier molecular flexibility index (Phi) is 6.32. The lowest BCUT2D eigenvalue weighted by Crippen LogP contribution is -2.38. The molecule has 0 spiro atoms. The maximum absolute atomic E-state index is 6.12. The van der Waals surface area contributed by atoms with Gasteiger partial charge in [0.05, 0.1) is 5.02 Å². The molecule has 0 aliphatic heterocycles. The van der Waals surface area contributed by atoms with E-state index in [4.69, 9.17) is 17.4 Å². The smallest absolute Gasteiger partial charge is 0.0621 e. The number of halogens is 2. The number of hydrazine groups is 1. The third-order valence-corrected chi connectivity index (χ3v) is 4.87. The summed E-state index contributed by atoms with van der Waals surface area (Å²) in [4.78, 5) is 5.20. The van der Waals surface area contributed by atoms with Crippen molar-refractivity contribution in [3.05, 3.63) is 57.8 Å². The second-order valence-electron chi connectivity index (χ2n) is 4.30. The summed E-state index contributed by atoms with van der Waals surface area (Å²) in [6.07, 6.45) is 4.18. The molecule has 0 aliphatic carbocycles. The number of pyridine rings is 1. The molecule has 1 aromatic carbocycles. The van der Waals surface area contributed by atoms with Gasteiger partial charge in [-0.3, -0.25) is 16.3 Å². The van der Waals surface area contributed by atoms with Crippen molar-refractivity contribution in [1.82, 2.24) is 10.4 Å². The topological polar surface area (TPSA) is 50.9 Å². The molecule has 0 saturated heterocycles. The number of hydrogen-bond acceptors (Lipinski definition) is 4. The van der Waals surface area contributed by atoms with Crippen LogP contribution in [0.3, 0.4) is 0 Å². The third-order valence-electron chi connectivity index (χ3n) is 2.82. The average Bonchev–Trinajstić information content (AvgIpc) is 2.47. The highest BCUT2D eigenvalue weighted by Gasteiger charge is 2.11. The minimum absolute atomic E-state index is 0.156. The molecule has 2 aromatic rings. The highest BCUT2D eigenvalue weighted by atomic mass is 79.9. The molecule has 20 heavy (non-hydrogen) atoms. The molecule has 0 fully saturated rings. The van der Waals surface area contributed by atoms with E-state index < -0.39 is 0 Å². The number of rotatable bonds is 6. The normalized spacial score (nSPS) is 12.3. The Bertz CT molecular complexity index is 550. The molecular weight excluding hydrogens is 358 g/mol. The van der Waals surface area contributed by atoms with Crippen LogP contribution in [0.5, 0.6) is 0 Å². The van der Waals surface area contributed by atoms with Crippen molar-refractivity contribution < 1.29 is 0 Å². The molecule has 0 bridgehead atoms. The van der Waals surface area contributed by atoms with E-state index in [0.29, 0.717) is 5.02 Å². The fourth-order valence-corrected chi connectivity index (χ4v) is 3.13. The first kappa shape index (κ1) is 15.8. The number of aromatic nitrogens is 1. The standard InChI is InChI=1S/C14H15BrClN3S/c15-11-1-3-13(4-2-11)20-9-12(19-17)7-10-5-6-18-8-14(10)16/h1-6,8,12,19H,7,9,17H2. The van der Waals surface area contributed by atoms with Gasteiger partial charge in [0, 0.05) is 33.6 Å². The van der Waals surface area contributed by atoms with Gasteiger partial charge < -0.3 is 0 Å². The van der Waals surface area contributed by atoms with Crippen LogP contribution in [0.15, 0.2) is 52.1 Å². The van der Waals surface area contributed by atoms with E-state index in [1.54, 1.807) is 24.2 Å². The summed E-state index contributed by atoms with van der Waals surface area (Å²) in [6, 6.07) is 10.3. The molecule has 3 nitrogen and oxygen atoms in total. The molecule has 0 amide bonds. The fourth-order valence-electron chi connectivity index (χ4n) is 1.73. The number of thioether (sulfide) groups is 1. The Hall–Kier alpha value is -0.590. The average molecular weight is 373 g/mol. The first-order valence-electron chi connectivity index (χ1n) is 6.12. The lowest BCUT2D eigenvalue weighted by atomic mass is 10.1. The van der Waals surface area contributed by atoms with Gasteiger partial charge in [-0.25, -0.2) is 0 Å². The Balaban J connectivity index is 1.92. The summed E-state index contributed by atoms with van der Waals surface area (Å²) >= 11 is 11.3. The van der Waals surface area contributed by atoms with Gasteiger partial charge in [-0.15, -0.1) is 11.8 Å². The molecule has 106 valence electrons. The van der Waals surface area contributed by atoms with Gasteiger partial charge in [-0.2, -0.15) is 0 Å². The van der Waals surface area contributed by atoms with Crippen LogP contribution < -0.4 is 11.3 Å². The quantitative estimate of drug-likeness (QED) is 0.461. The van der Waals surface area contributed by atoms with Gasteiger partial charge in [0.2, 0.25) is 0 Å². The Morgan fingerprint density at radius 3 is 2.70 bits per heavy atom. The highest BCUT2D eigenvalue weighted by Crippen LogP contribution is 2.23. The maximum Gasteiger partial charge on any atom is 0.0621 e. The van der Waals surface area contributed by atoms with Crippen molar-refractivity contribution in [2.75, 3.05) is 5.75 Å². The molecule has 6 heteroatoms. The zero-order valence-electron chi connectivity index (χ0n) is 10.7. The number of hydrogen-bond donors (Lipinski definition) is 2. The number of nitrogens with zero attached hydrogens (tertiary/aromatic N) is 1. The van der Waals surface area contributed by atoms with Crippen molar-refractivity contribution >= 4 is 39.3 Å². The Labute approximate surface area is 136 Å². The fraction of sp³-hybridized carbons (Fsp3) is 0.214. The number of nitrogens with one attached hydrogen (secondary N) is 1. The van der Waals surface area contributed by atoms with E-state index in [1.807, 2.05) is 18.2 Å². The minimum Gasteiger partial charge on any atom is -0.271 e. The minimum atomic E-state index is 0.156. The SMILES string of the molecule is NNC(CSc1ccc(Br)cc1)Cc1ccncc1Cl. The summed E-state index contributed by atoms with van der Waals surface area (Å²) in [5, 5.41) is 0.682. The van der Waals surface area contributed by atoms with Crippen LogP contribution >= 0.6 is 39.3 Å². The van der Waals surface area contributed by atoms with Gasteiger partial charge in [-0.1, -0.05) is 27.5 Å². The molecular formula is C14H15BrClN3S. The van der Waals surface area contributed by atoms with E-state index in [9.17, 15) is 0 Å². The summed E-state index contributed by atoms with van der Waals surface area (Å²) in [5.74, 6) is 6.50. The molecule has 3 N–H and O–H groups in total. The first-order valence-corrected chi connectivity index (χ1v) is 8.27. The Morgan fingerprint density at radius 1 is 1.30 bits per heavy atom. The molecule has 0 aliphatic rings. The molecule has 0 radical (unpaired) electrons. The second-order valence-corrected chi connectivity index (χ2v) is 6.72. The van der Waals surface area contributed by atoms with Crippen LogP contribution in [0.1, 0.15) is 5.56 Å². The van der Waals surface area contributed by atoms with Gasteiger partial charge in [-0.05, 0) is 42.3 Å². The maximum atomic E-state index is 6.12. The molecule has 0 saturated carbocycles. The summed E-state index contributed by atoms with van der Waals surface area (Å²) in [5.41, 5.74) is 3.91. The summed E-state index contributed by atoms with van der Waals surface area (Å²) < 4.78 is 1.08. The third kappa shape index (κ3) is 4.75. The molecule has 1 heterocycles. The summed E-state index contributed by atoms with van der Waals surface area (Å²) in [7, 11) is 0. The van der Waals surface area contributed by atoms with Crippen LogP contribution in [0.2, 0.25) is 5.02 Å². The van der Waals surface area contributed by atoms with Crippen molar-refractivity contribution in [2.45, 2.75) is 17.4 Å². The van der Waals surface area contributed by atoms with Crippen LogP contribution in [0, 0.1) is 0 Å². The van der Waals surface area contributed by atoms with E-state index in [-0.39, 0.29) is 6.04 Å². The van der Waals surface area contributed by atoms with Gasteiger partial charge in [0.25, 0.3) is 0 Å². The van der Waals surface area contributed by atoms with Crippen LogP contribution in [-0.4, -0.2) is 16.8 Å². The van der Waals surface area contributed by atoms with E-state index in [2.05, 4.69) is 38.5 Å². The largest absolute Gasteiger partial charge is 0.271 e. The molecule has 1 unspecified atom stereocenters. The number of nitrogens with two attached hydrogens (primary N) is 1. The van der Waals surface area contributed by atoms with Gasteiger partial charge >= 0.3 is 0 Å². The van der Waals surface area contributed by atoms with E-state index >= 15 is 0 Å². The van der Waals surface area contributed by atoms with E-state index in [1.165, 1.54) is 4.90 Å². The zero-order chi connectivity index (χ0) is 14.4. The number of benzene rings is 1. The lowest BCUT2D eigenvalue weighted by molar-refractivity contribution is 0.575. The van der Waals surface area contributed by atoms with Crippen molar-refractivity contribution in [3.63, 3.8) is 0 Å². The second kappa shape index (κ2) is 8.00. The van der Waals surface area contributed by atoms with Crippen molar-refractivity contribution in [2.24, 2.45) is 5.84 Å². The van der Waals surface area contributed by atoms with Gasteiger partial charge in [0.15, 0.2) is 0 Å². The molecule has 2 rings (SSSR count). The van der Waals surface area contributed by atoms with Crippen LogP contribution in [0.4, 0.5) is 0 Å². The molecule has 1 atom stereocenters. The van der Waals surface area contributed by atoms with Crippen LogP contribution in [0.25, 0.3) is 0 Å². The monoisotopic (exact) mass is 371 g/mol. The molecule has 1 aromatic heterocycles. The van der Waals surface area contributed by atoms with Crippen LogP contribution in [-0.2, 0) is 6.42 Å². The first-order chi connectivity index (χ1) is 9.69. The predicted molar refractivity (Wildman–Crippen MR) is 88.9 cm³/mol. The predicted octanol–water partition coefficient (Wildman–Crippen LogP) is 3.66. The summed E-state index contributed by atoms with van der Waals surface area (Å²) in [6.45, 7) is 0. The lowest BCUT2D eigenvalue weighted by Gasteiger charge is -2.16. The highest BCUT2D eigenvalue weighted by molar-refractivity contribution is 9.10. The zero-order valence-corrected chi connectivity index (χ0v) is 13.9.